The summed E-state index contributed by atoms with van der Waals surface area (Å²) in [6.07, 6.45) is 0.418. The smallest absolute Gasteiger partial charge is 0.316 e. The highest BCUT2D eigenvalue weighted by Gasteiger charge is 2.25. The summed E-state index contributed by atoms with van der Waals surface area (Å²) < 4.78 is 4.95. The van der Waals surface area contributed by atoms with Crippen molar-refractivity contribution in [2.45, 2.75) is 34.1 Å². The van der Waals surface area contributed by atoms with Crippen LogP contribution in [0.25, 0.3) is 0 Å². The largest absolute Gasteiger partial charge is 0.465 e. The Bertz CT molecular complexity index is 449. The van der Waals surface area contributed by atoms with Gasteiger partial charge in [0.2, 0.25) is 0 Å². The molecule has 0 aliphatic carbocycles. The number of carbonyl (C=O) groups is 2. The molecule has 1 aromatic carbocycles. The van der Waals surface area contributed by atoms with Crippen molar-refractivity contribution in [2.24, 2.45) is 5.92 Å². The first-order chi connectivity index (χ1) is 8.45. The van der Waals surface area contributed by atoms with Crippen LogP contribution in [0.1, 0.15) is 30.5 Å². The van der Waals surface area contributed by atoms with Crippen LogP contribution in [0.2, 0.25) is 0 Å². The van der Waals surface area contributed by atoms with Crippen LogP contribution in [0.5, 0.6) is 0 Å². The molecule has 0 aromatic heterocycles. The highest BCUT2D eigenvalue weighted by molar-refractivity contribution is 5.98. The van der Waals surface area contributed by atoms with Gasteiger partial charge in [0.15, 0.2) is 0 Å². The number of hydrogen-bond acceptors (Lipinski definition) is 3. The molecule has 0 saturated carbocycles. The van der Waals surface area contributed by atoms with Gasteiger partial charge in [-0.3, -0.25) is 9.59 Å². The summed E-state index contributed by atoms with van der Waals surface area (Å²) in [7, 11) is 0. The summed E-state index contributed by atoms with van der Waals surface area (Å²) in [5.41, 5.74) is 3.25. The third-order valence-electron chi connectivity index (χ3n) is 2.99. The van der Waals surface area contributed by atoms with Crippen LogP contribution >= 0.6 is 0 Å². The zero-order chi connectivity index (χ0) is 13.7. The van der Waals surface area contributed by atoms with Gasteiger partial charge in [-0.1, -0.05) is 23.8 Å². The number of ether oxygens (including phenoxy) is 1. The molecule has 0 bridgehead atoms. The Hall–Kier alpha value is -1.64. The van der Waals surface area contributed by atoms with Crippen LogP contribution < -0.4 is 0 Å². The molecule has 18 heavy (non-hydrogen) atoms. The molecule has 0 spiro atoms. The maximum atomic E-state index is 11.7. The topological polar surface area (TPSA) is 43.4 Å². The van der Waals surface area contributed by atoms with Crippen molar-refractivity contribution in [3.05, 3.63) is 34.9 Å². The Morgan fingerprint density at radius 2 is 1.94 bits per heavy atom. The van der Waals surface area contributed by atoms with E-state index < -0.39 is 11.9 Å². The fourth-order valence-electron chi connectivity index (χ4n) is 1.88. The van der Waals surface area contributed by atoms with Gasteiger partial charge in [0, 0.05) is 0 Å². The molecule has 1 atom stereocenters. The zero-order valence-electron chi connectivity index (χ0n) is 11.4. The molecule has 0 radical (unpaired) electrons. The average Bonchev–Trinajstić information content (AvgIpc) is 2.30. The number of rotatable bonds is 5. The van der Waals surface area contributed by atoms with Gasteiger partial charge in [0.1, 0.15) is 11.7 Å². The van der Waals surface area contributed by atoms with Gasteiger partial charge in [-0.2, -0.15) is 0 Å². The summed E-state index contributed by atoms with van der Waals surface area (Å²) in [4.78, 5) is 23.3. The first kappa shape index (κ1) is 14.4. The molecule has 0 saturated heterocycles. The van der Waals surface area contributed by atoms with Crippen LogP contribution in [0.15, 0.2) is 18.2 Å². The van der Waals surface area contributed by atoms with Crippen LogP contribution in [0, 0.1) is 19.8 Å². The van der Waals surface area contributed by atoms with E-state index in [-0.39, 0.29) is 5.78 Å². The SMILES string of the molecule is CCOC(=O)C(Cc1cc(C)ccc1C)C(C)=O. The lowest BCUT2D eigenvalue weighted by Gasteiger charge is -2.14. The summed E-state index contributed by atoms with van der Waals surface area (Å²) >= 11 is 0. The van der Waals surface area contributed by atoms with Crippen molar-refractivity contribution >= 4 is 11.8 Å². The highest BCUT2D eigenvalue weighted by atomic mass is 16.5. The molecule has 0 amide bonds. The normalized spacial score (nSPS) is 12.0. The summed E-state index contributed by atoms with van der Waals surface area (Å²) in [6, 6.07) is 6.05. The molecule has 1 aromatic rings. The molecule has 0 fully saturated rings. The predicted molar refractivity (Wildman–Crippen MR) is 70.4 cm³/mol. The number of esters is 1. The molecule has 0 N–H and O–H groups in total. The van der Waals surface area contributed by atoms with E-state index >= 15 is 0 Å². The van der Waals surface area contributed by atoms with Crippen LogP contribution in [-0.2, 0) is 20.7 Å². The Balaban J connectivity index is 2.93. The molecule has 0 aliphatic heterocycles. The Morgan fingerprint density at radius 1 is 1.28 bits per heavy atom. The molecule has 98 valence electrons. The summed E-state index contributed by atoms with van der Waals surface area (Å²) in [5, 5.41) is 0. The van der Waals surface area contributed by atoms with Crippen molar-refractivity contribution < 1.29 is 14.3 Å². The fraction of sp³-hybridized carbons (Fsp3) is 0.467. The van der Waals surface area contributed by atoms with Crippen LogP contribution in [0.3, 0.4) is 0 Å². The second kappa shape index (κ2) is 6.34. The zero-order valence-corrected chi connectivity index (χ0v) is 11.4. The van der Waals surface area contributed by atoms with Crippen molar-refractivity contribution in [3.8, 4) is 0 Å². The lowest BCUT2D eigenvalue weighted by molar-refractivity contribution is -0.151. The average molecular weight is 248 g/mol. The number of hydrogen-bond donors (Lipinski definition) is 0. The molecule has 0 aliphatic rings. The predicted octanol–water partition coefficient (Wildman–Crippen LogP) is 2.61. The lowest BCUT2D eigenvalue weighted by atomic mass is 9.92. The van der Waals surface area contributed by atoms with E-state index in [2.05, 4.69) is 0 Å². The third-order valence-corrected chi connectivity index (χ3v) is 2.99. The van der Waals surface area contributed by atoms with Gasteiger partial charge in [-0.25, -0.2) is 0 Å². The molecule has 1 unspecified atom stereocenters. The van der Waals surface area contributed by atoms with Gasteiger partial charge in [-0.15, -0.1) is 0 Å². The Morgan fingerprint density at radius 3 is 2.50 bits per heavy atom. The second-order valence-corrected chi connectivity index (χ2v) is 4.55. The van der Waals surface area contributed by atoms with Crippen molar-refractivity contribution in [1.29, 1.82) is 0 Å². The highest BCUT2D eigenvalue weighted by Crippen LogP contribution is 2.17. The quantitative estimate of drug-likeness (QED) is 0.594. The Labute approximate surface area is 108 Å². The number of benzene rings is 1. The first-order valence-corrected chi connectivity index (χ1v) is 6.19. The monoisotopic (exact) mass is 248 g/mol. The fourth-order valence-corrected chi connectivity index (χ4v) is 1.88. The molecular weight excluding hydrogens is 228 g/mol. The number of aryl methyl sites for hydroxylation is 2. The number of carbonyl (C=O) groups excluding carboxylic acids is 2. The van der Waals surface area contributed by atoms with E-state index in [1.165, 1.54) is 6.92 Å². The van der Waals surface area contributed by atoms with Gasteiger partial charge in [-0.05, 0) is 45.2 Å². The lowest BCUT2D eigenvalue weighted by Crippen LogP contribution is -2.26. The van der Waals surface area contributed by atoms with Crippen LogP contribution in [-0.4, -0.2) is 18.4 Å². The van der Waals surface area contributed by atoms with E-state index in [1.807, 2.05) is 32.0 Å². The minimum Gasteiger partial charge on any atom is -0.465 e. The number of Topliss-reactive ketones (excluding diaryl/α,β-unsaturated/α-hetero) is 1. The van der Waals surface area contributed by atoms with Crippen molar-refractivity contribution in [1.82, 2.24) is 0 Å². The van der Waals surface area contributed by atoms with Gasteiger partial charge in [0.25, 0.3) is 0 Å². The summed E-state index contributed by atoms with van der Waals surface area (Å²) in [6.45, 7) is 7.46. The molecule has 3 heteroatoms. The molecule has 0 heterocycles. The second-order valence-electron chi connectivity index (χ2n) is 4.55. The van der Waals surface area contributed by atoms with Crippen molar-refractivity contribution in [2.75, 3.05) is 6.61 Å². The molecule has 1 rings (SSSR count). The van der Waals surface area contributed by atoms with Gasteiger partial charge >= 0.3 is 5.97 Å². The molecular formula is C15H20O3. The van der Waals surface area contributed by atoms with E-state index in [0.29, 0.717) is 13.0 Å². The maximum absolute atomic E-state index is 11.7. The van der Waals surface area contributed by atoms with Crippen LogP contribution in [0.4, 0.5) is 0 Å². The van der Waals surface area contributed by atoms with E-state index in [1.54, 1.807) is 6.92 Å². The van der Waals surface area contributed by atoms with E-state index in [0.717, 1.165) is 16.7 Å². The number of ketones is 1. The standard InChI is InChI=1S/C15H20O3/c1-5-18-15(17)14(12(4)16)9-13-8-10(2)6-7-11(13)3/h6-8,14H,5,9H2,1-4H3. The van der Waals surface area contributed by atoms with Gasteiger partial charge in [0.05, 0.1) is 6.61 Å². The first-order valence-electron chi connectivity index (χ1n) is 6.19. The summed E-state index contributed by atoms with van der Waals surface area (Å²) in [5.74, 6) is -1.26. The minimum atomic E-state index is -0.689. The minimum absolute atomic E-state index is 0.144. The maximum Gasteiger partial charge on any atom is 0.316 e. The third kappa shape index (κ3) is 3.69. The van der Waals surface area contributed by atoms with Crippen molar-refractivity contribution in [3.63, 3.8) is 0 Å². The van der Waals surface area contributed by atoms with Gasteiger partial charge < -0.3 is 4.74 Å². The van der Waals surface area contributed by atoms with E-state index in [9.17, 15) is 9.59 Å². The molecule has 3 nitrogen and oxygen atoms in total. The Kier molecular flexibility index (Phi) is 5.08. The van der Waals surface area contributed by atoms with E-state index in [4.69, 9.17) is 4.74 Å².